The van der Waals surface area contributed by atoms with Crippen molar-refractivity contribution in [1.82, 2.24) is 5.32 Å². The van der Waals surface area contributed by atoms with Gasteiger partial charge in [0.25, 0.3) is 0 Å². The minimum atomic E-state index is 0.763. The van der Waals surface area contributed by atoms with E-state index >= 15 is 0 Å². The largest absolute Gasteiger partial charge is 0.312 e. The Kier molecular flexibility index (Phi) is 5.70. The lowest BCUT2D eigenvalue weighted by atomic mass is 10.0. The zero-order valence-corrected chi connectivity index (χ0v) is 7.78. The molecule has 0 aliphatic carbocycles. The molecule has 1 fully saturated rings. The molecule has 10 heavy (non-hydrogen) atoms. The summed E-state index contributed by atoms with van der Waals surface area (Å²) in [6.07, 6.45) is 4.14. The molecule has 0 radical (unpaired) electrons. The summed E-state index contributed by atoms with van der Waals surface area (Å²) in [5, 5.41) is 3.48. The van der Waals surface area contributed by atoms with E-state index in [0.717, 1.165) is 12.1 Å². The fourth-order valence-corrected chi connectivity index (χ4v) is 1.38. The highest BCUT2D eigenvalue weighted by molar-refractivity contribution is 4.73. The molecular weight excluding hydrogens is 122 g/mol. The van der Waals surface area contributed by atoms with E-state index in [1.165, 1.54) is 19.3 Å². The van der Waals surface area contributed by atoms with Gasteiger partial charge in [-0.05, 0) is 26.7 Å². The Balaban J connectivity index is 0.000000371. The van der Waals surface area contributed by atoms with Crippen LogP contribution in [-0.2, 0) is 0 Å². The second-order valence-corrected chi connectivity index (χ2v) is 2.90. The molecule has 0 aromatic carbocycles. The third-order valence-corrected chi connectivity index (χ3v) is 1.84. The molecule has 0 aromatic heterocycles. The van der Waals surface area contributed by atoms with Gasteiger partial charge in [0, 0.05) is 12.1 Å². The molecule has 0 bridgehead atoms. The molecule has 0 saturated carbocycles. The van der Waals surface area contributed by atoms with Crippen LogP contribution in [0.15, 0.2) is 0 Å². The van der Waals surface area contributed by atoms with Gasteiger partial charge in [0.05, 0.1) is 0 Å². The van der Waals surface area contributed by atoms with Crippen LogP contribution in [0.5, 0.6) is 0 Å². The minimum absolute atomic E-state index is 0.763. The van der Waals surface area contributed by atoms with Crippen LogP contribution >= 0.6 is 0 Å². The third kappa shape index (κ3) is 3.89. The zero-order valence-electron chi connectivity index (χ0n) is 7.78. The molecule has 2 unspecified atom stereocenters. The molecule has 1 heterocycles. The van der Waals surface area contributed by atoms with E-state index in [4.69, 9.17) is 0 Å². The first kappa shape index (κ1) is 9.96. The standard InChI is InChI=1S/C7H15N.C2H6/c1-6-4-3-5-7(2)8-6;1-2/h6-8H,3-5H2,1-2H3;1-2H3. The predicted molar refractivity (Wildman–Crippen MR) is 47.3 cm³/mol. The average Bonchev–Trinajstić information content (AvgIpc) is 1.91. The van der Waals surface area contributed by atoms with E-state index in [0.29, 0.717) is 0 Å². The maximum absolute atomic E-state index is 3.48. The van der Waals surface area contributed by atoms with E-state index in [1.807, 2.05) is 13.8 Å². The second-order valence-electron chi connectivity index (χ2n) is 2.90. The first-order valence-corrected chi connectivity index (χ1v) is 4.55. The van der Waals surface area contributed by atoms with Gasteiger partial charge in [-0.3, -0.25) is 0 Å². The topological polar surface area (TPSA) is 12.0 Å². The first-order chi connectivity index (χ1) is 4.79. The van der Waals surface area contributed by atoms with Crippen molar-refractivity contribution in [2.24, 2.45) is 0 Å². The Bertz CT molecular complexity index is 63.1. The predicted octanol–water partition coefficient (Wildman–Crippen LogP) is 2.56. The van der Waals surface area contributed by atoms with Crippen molar-refractivity contribution in [3.8, 4) is 0 Å². The molecule has 1 heteroatoms. The van der Waals surface area contributed by atoms with Crippen molar-refractivity contribution in [3.63, 3.8) is 0 Å². The van der Waals surface area contributed by atoms with Crippen LogP contribution in [0.3, 0.4) is 0 Å². The van der Waals surface area contributed by atoms with Crippen molar-refractivity contribution < 1.29 is 0 Å². The maximum atomic E-state index is 3.48. The van der Waals surface area contributed by atoms with E-state index < -0.39 is 0 Å². The van der Waals surface area contributed by atoms with Gasteiger partial charge in [0.1, 0.15) is 0 Å². The van der Waals surface area contributed by atoms with Gasteiger partial charge in [0.2, 0.25) is 0 Å². The van der Waals surface area contributed by atoms with Crippen molar-refractivity contribution in [1.29, 1.82) is 0 Å². The Morgan fingerprint density at radius 1 is 1.00 bits per heavy atom. The van der Waals surface area contributed by atoms with Crippen LogP contribution in [0.1, 0.15) is 47.0 Å². The average molecular weight is 143 g/mol. The van der Waals surface area contributed by atoms with Crippen LogP contribution in [0.25, 0.3) is 0 Å². The molecule has 2 atom stereocenters. The highest BCUT2D eigenvalue weighted by atomic mass is 14.9. The quantitative estimate of drug-likeness (QED) is 0.549. The lowest BCUT2D eigenvalue weighted by molar-refractivity contribution is 0.352. The fourth-order valence-electron chi connectivity index (χ4n) is 1.38. The SMILES string of the molecule is CC.CC1CCCC(C)N1. The van der Waals surface area contributed by atoms with Crippen molar-refractivity contribution >= 4 is 0 Å². The summed E-state index contributed by atoms with van der Waals surface area (Å²) in [5.74, 6) is 0. The van der Waals surface area contributed by atoms with Gasteiger partial charge < -0.3 is 5.32 Å². The molecule has 0 aromatic rings. The highest BCUT2D eigenvalue weighted by Crippen LogP contribution is 2.10. The lowest BCUT2D eigenvalue weighted by Gasteiger charge is -2.25. The Morgan fingerprint density at radius 3 is 1.60 bits per heavy atom. The van der Waals surface area contributed by atoms with Gasteiger partial charge in [-0.1, -0.05) is 20.3 Å². The molecule has 1 aliphatic heterocycles. The van der Waals surface area contributed by atoms with Crippen LogP contribution in [0.4, 0.5) is 0 Å². The molecule has 0 spiro atoms. The van der Waals surface area contributed by atoms with Crippen molar-refractivity contribution in [2.75, 3.05) is 0 Å². The molecule has 62 valence electrons. The molecule has 1 N–H and O–H groups in total. The Morgan fingerprint density at radius 2 is 1.40 bits per heavy atom. The van der Waals surface area contributed by atoms with Gasteiger partial charge in [-0.25, -0.2) is 0 Å². The molecule has 0 amide bonds. The molecule has 1 aliphatic rings. The smallest absolute Gasteiger partial charge is 0.00412 e. The zero-order chi connectivity index (χ0) is 7.98. The fraction of sp³-hybridized carbons (Fsp3) is 1.00. The second kappa shape index (κ2) is 5.72. The van der Waals surface area contributed by atoms with Gasteiger partial charge in [-0.15, -0.1) is 0 Å². The minimum Gasteiger partial charge on any atom is -0.312 e. The van der Waals surface area contributed by atoms with Crippen LogP contribution in [0, 0.1) is 0 Å². The Labute approximate surface area is 65.2 Å². The number of hydrogen-bond donors (Lipinski definition) is 1. The molecule has 1 nitrogen and oxygen atoms in total. The molecular formula is C9H21N. The highest BCUT2D eigenvalue weighted by Gasteiger charge is 2.11. The summed E-state index contributed by atoms with van der Waals surface area (Å²) in [4.78, 5) is 0. The first-order valence-electron chi connectivity index (χ1n) is 4.55. The molecule has 1 rings (SSSR count). The lowest BCUT2D eigenvalue weighted by Crippen LogP contribution is -2.38. The third-order valence-electron chi connectivity index (χ3n) is 1.84. The number of hydrogen-bond acceptors (Lipinski definition) is 1. The number of rotatable bonds is 0. The maximum Gasteiger partial charge on any atom is 0.00412 e. The van der Waals surface area contributed by atoms with Crippen LogP contribution in [0.2, 0.25) is 0 Å². The van der Waals surface area contributed by atoms with Crippen molar-refractivity contribution in [3.05, 3.63) is 0 Å². The number of nitrogens with one attached hydrogen (secondary N) is 1. The van der Waals surface area contributed by atoms with Crippen LogP contribution < -0.4 is 5.32 Å². The van der Waals surface area contributed by atoms with Crippen LogP contribution in [-0.4, -0.2) is 12.1 Å². The summed E-state index contributed by atoms with van der Waals surface area (Å²) in [5.41, 5.74) is 0. The number of piperidine rings is 1. The van der Waals surface area contributed by atoms with Gasteiger partial charge >= 0.3 is 0 Å². The summed E-state index contributed by atoms with van der Waals surface area (Å²) in [6.45, 7) is 8.52. The van der Waals surface area contributed by atoms with E-state index in [2.05, 4.69) is 19.2 Å². The normalized spacial score (nSPS) is 32.4. The van der Waals surface area contributed by atoms with E-state index in [9.17, 15) is 0 Å². The van der Waals surface area contributed by atoms with Crippen molar-refractivity contribution in [2.45, 2.75) is 59.0 Å². The summed E-state index contributed by atoms with van der Waals surface area (Å²) < 4.78 is 0. The summed E-state index contributed by atoms with van der Waals surface area (Å²) in [6, 6.07) is 1.53. The Hall–Kier alpha value is -0.0400. The van der Waals surface area contributed by atoms with Gasteiger partial charge in [0.15, 0.2) is 0 Å². The van der Waals surface area contributed by atoms with Gasteiger partial charge in [-0.2, -0.15) is 0 Å². The summed E-state index contributed by atoms with van der Waals surface area (Å²) >= 11 is 0. The van der Waals surface area contributed by atoms with E-state index in [1.54, 1.807) is 0 Å². The molecule has 1 saturated heterocycles. The summed E-state index contributed by atoms with van der Waals surface area (Å²) in [7, 11) is 0. The van der Waals surface area contributed by atoms with E-state index in [-0.39, 0.29) is 0 Å². The monoisotopic (exact) mass is 143 g/mol.